The van der Waals surface area contributed by atoms with Gasteiger partial charge in [0, 0.05) is 31.3 Å². The fourth-order valence-corrected chi connectivity index (χ4v) is 2.68. The molecule has 0 saturated carbocycles. The number of nitrogens with one attached hydrogen (secondary N) is 1. The molecular formula is C20H26N2O6. The highest BCUT2D eigenvalue weighted by atomic mass is 16.6. The Hall–Kier alpha value is -2.90. The van der Waals surface area contributed by atoms with E-state index < -0.39 is 17.7 Å². The quantitative estimate of drug-likeness (QED) is 0.435. The molecule has 0 bridgehead atoms. The van der Waals surface area contributed by atoms with Crippen LogP contribution in [0.25, 0.3) is 0 Å². The molecule has 8 heteroatoms. The fraction of sp³-hybridized carbons (Fsp3) is 0.500. The zero-order valence-electron chi connectivity index (χ0n) is 16.7. The van der Waals surface area contributed by atoms with Gasteiger partial charge in [0.1, 0.15) is 5.60 Å². The highest BCUT2D eigenvalue weighted by molar-refractivity contribution is 6.03. The predicted octanol–water partition coefficient (Wildman–Crippen LogP) is 2.24. The van der Waals surface area contributed by atoms with E-state index >= 15 is 0 Å². The Balaban J connectivity index is 1.70. The van der Waals surface area contributed by atoms with E-state index in [4.69, 9.17) is 9.47 Å². The molecule has 0 unspecified atom stereocenters. The van der Waals surface area contributed by atoms with Crippen LogP contribution in [0, 0.1) is 0 Å². The Kier molecular flexibility index (Phi) is 6.77. The van der Waals surface area contributed by atoms with Crippen molar-refractivity contribution in [3.63, 3.8) is 0 Å². The largest absolute Gasteiger partial charge is 0.457 e. The molecule has 1 aliphatic rings. The average molecular weight is 390 g/mol. The maximum Gasteiger partial charge on any atom is 0.407 e. The third kappa shape index (κ3) is 6.07. The second kappa shape index (κ2) is 8.86. The smallest absolute Gasteiger partial charge is 0.407 e. The first-order valence-corrected chi connectivity index (χ1v) is 9.12. The molecule has 0 saturated heterocycles. The highest BCUT2D eigenvalue weighted by Crippen LogP contribution is 2.28. The van der Waals surface area contributed by atoms with Crippen LogP contribution in [0.1, 0.15) is 49.5 Å². The van der Waals surface area contributed by atoms with Gasteiger partial charge in [-0.05, 0) is 51.0 Å². The molecule has 0 fully saturated rings. The molecule has 0 radical (unpaired) electrons. The average Bonchev–Trinajstić information content (AvgIpc) is 2.88. The summed E-state index contributed by atoms with van der Waals surface area (Å²) in [5, 5.41) is 2.55. The van der Waals surface area contributed by atoms with Crippen LogP contribution < -0.4 is 10.2 Å². The molecule has 8 nitrogen and oxygen atoms in total. The van der Waals surface area contributed by atoms with Crippen molar-refractivity contribution in [1.29, 1.82) is 0 Å². The van der Waals surface area contributed by atoms with Gasteiger partial charge in [0.2, 0.25) is 5.91 Å². The number of benzene rings is 1. The molecule has 1 aliphatic heterocycles. The van der Waals surface area contributed by atoms with E-state index in [0.29, 0.717) is 12.0 Å². The minimum Gasteiger partial charge on any atom is -0.457 e. The Bertz CT molecular complexity index is 781. The number of ether oxygens (including phenoxy) is 2. The summed E-state index contributed by atoms with van der Waals surface area (Å²) in [5.41, 5.74) is 1.40. The normalized spacial score (nSPS) is 13.1. The van der Waals surface area contributed by atoms with Crippen molar-refractivity contribution < 1.29 is 28.7 Å². The third-order valence-corrected chi connectivity index (χ3v) is 4.07. The summed E-state index contributed by atoms with van der Waals surface area (Å²) in [6.45, 7) is 5.19. The van der Waals surface area contributed by atoms with Crippen LogP contribution in [0.5, 0.6) is 0 Å². The number of hydrogen-bond donors (Lipinski definition) is 1. The van der Waals surface area contributed by atoms with Gasteiger partial charge >= 0.3 is 12.1 Å². The number of hydrogen-bond acceptors (Lipinski definition) is 6. The number of nitrogens with zero attached hydrogens (tertiary/aromatic N) is 1. The lowest BCUT2D eigenvalue weighted by Crippen LogP contribution is -2.33. The van der Waals surface area contributed by atoms with Gasteiger partial charge in [0.25, 0.3) is 0 Å². The van der Waals surface area contributed by atoms with Crippen molar-refractivity contribution in [2.75, 3.05) is 25.1 Å². The van der Waals surface area contributed by atoms with E-state index in [1.165, 1.54) is 0 Å². The summed E-state index contributed by atoms with van der Waals surface area (Å²) < 4.78 is 10.1. The van der Waals surface area contributed by atoms with E-state index in [2.05, 4.69) is 5.32 Å². The minimum absolute atomic E-state index is 0.0222. The Morgan fingerprint density at radius 2 is 1.93 bits per heavy atom. The second-order valence-corrected chi connectivity index (χ2v) is 7.59. The Morgan fingerprint density at radius 3 is 2.61 bits per heavy atom. The van der Waals surface area contributed by atoms with Crippen LogP contribution in [-0.4, -0.2) is 49.6 Å². The molecule has 152 valence electrons. The third-order valence-electron chi connectivity index (χ3n) is 4.07. The maximum atomic E-state index is 12.2. The predicted molar refractivity (Wildman–Crippen MR) is 102 cm³/mol. The number of amides is 2. The lowest BCUT2D eigenvalue weighted by Gasteiger charge is -2.19. The topological polar surface area (TPSA) is 102 Å². The van der Waals surface area contributed by atoms with Crippen molar-refractivity contribution in [3.8, 4) is 0 Å². The summed E-state index contributed by atoms with van der Waals surface area (Å²) in [6, 6.07) is 5.00. The summed E-state index contributed by atoms with van der Waals surface area (Å²) >= 11 is 0. The van der Waals surface area contributed by atoms with Gasteiger partial charge in [0.15, 0.2) is 12.4 Å². The van der Waals surface area contributed by atoms with Crippen molar-refractivity contribution >= 4 is 29.4 Å². The molecular weight excluding hydrogens is 364 g/mol. The summed E-state index contributed by atoms with van der Waals surface area (Å²) in [6.07, 6.45) is 0.167. The molecule has 0 atom stereocenters. The van der Waals surface area contributed by atoms with Crippen LogP contribution in [0.4, 0.5) is 10.5 Å². The standard InChI is InChI=1S/C20H26N2O6/c1-20(2,3)28-19(26)21-9-5-6-18(25)27-12-16(23)13-7-8-15-14(10-13)11-17(24)22(15)4/h7-8,10H,5-6,9,11-12H2,1-4H3,(H,21,26). The monoisotopic (exact) mass is 390 g/mol. The lowest BCUT2D eigenvalue weighted by molar-refractivity contribution is -0.142. The van der Waals surface area contributed by atoms with Crippen molar-refractivity contribution in [3.05, 3.63) is 29.3 Å². The number of esters is 1. The van der Waals surface area contributed by atoms with Crippen molar-refractivity contribution in [2.45, 2.75) is 45.6 Å². The number of alkyl carbamates (subject to hydrolysis) is 1. The molecule has 1 N–H and O–H groups in total. The molecule has 2 rings (SSSR count). The zero-order chi connectivity index (χ0) is 20.9. The number of likely N-dealkylation sites (N-methyl/N-ethyl adjacent to an activating group) is 1. The molecule has 1 aromatic carbocycles. The number of carbonyl (C=O) groups excluding carboxylic acids is 4. The summed E-state index contributed by atoms with van der Waals surface area (Å²) in [4.78, 5) is 48.7. The van der Waals surface area contributed by atoms with Gasteiger partial charge < -0.3 is 19.7 Å². The number of carbonyl (C=O) groups is 4. The first-order valence-electron chi connectivity index (χ1n) is 9.12. The van der Waals surface area contributed by atoms with Gasteiger partial charge in [-0.15, -0.1) is 0 Å². The number of rotatable bonds is 7. The number of anilines is 1. The molecule has 0 aromatic heterocycles. The van der Waals surface area contributed by atoms with Gasteiger partial charge in [-0.3, -0.25) is 14.4 Å². The van der Waals surface area contributed by atoms with Crippen LogP contribution >= 0.6 is 0 Å². The highest BCUT2D eigenvalue weighted by Gasteiger charge is 2.25. The first kappa shape index (κ1) is 21.4. The number of fused-ring (bicyclic) bond motifs is 1. The molecule has 1 heterocycles. The van der Waals surface area contributed by atoms with Crippen molar-refractivity contribution in [1.82, 2.24) is 5.32 Å². The van der Waals surface area contributed by atoms with E-state index in [1.807, 2.05) is 0 Å². The molecule has 1 aromatic rings. The van der Waals surface area contributed by atoms with E-state index in [-0.39, 0.29) is 37.7 Å². The lowest BCUT2D eigenvalue weighted by atomic mass is 10.1. The molecule has 28 heavy (non-hydrogen) atoms. The first-order chi connectivity index (χ1) is 13.1. The number of Topliss-reactive ketones (excluding diaryl/α,β-unsaturated/α-hetero) is 1. The molecule has 0 spiro atoms. The molecule has 0 aliphatic carbocycles. The Labute approximate surface area is 164 Å². The summed E-state index contributed by atoms with van der Waals surface area (Å²) in [5.74, 6) is -0.869. The van der Waals surface area contributed by atoms with Gasteiger partial charge in [-0.25, -0.2) is 4.79 Å². The van der Waals surface area contributed by atoms with E-state index in [9.17, 15) is 19.2 Å². The Morgan fingerprint density at radius 1 is 1.21 bits per heavy atom. The van der Waals surface area contributed by atoms with Crippen LogP contribution in [0.3, 0.4) is 0 Å². The van der Waals surface area contributed by atoms with E-state index in [0.717, 1.165) is 11.3 Å². The van der Waals surface area contributed by atoms with Gasteiger partial charge in [-0.2, -0.15) is 0 Å². The van der Waals surface area contributed by atoms with Crippen LogP contribution in [0.15, 0.2) is 18.2 Å². The molecule has 2 amide bonds. The van der Waals surface area contributed by atoms with Crippen LogP contribution in [0.2, 0.25) is 0 Å². The van der Waals surface area contributed by atoms with Crippen LogP contribution in [-0.2, 0) is 25.5 Å². The minimum atomic E-state index is -0.580. The second-order valence-electron chi connectivity index (χ2n) is 7.59. The fourth-order valence-electron chi connectivity index (χ4n) is 2.68. The summed E-state index contributed by atoms with van der Waals surface area (Å²) in [7, 11) is 1.69. The SMILES string of the molecule is CN1C(=O)Cc2cc(C(=O)COC(=O)CCCNC(=O)OC(C)(C)C)ccc21. The van der Waals surface area contributed by atoms with E-state index in [1.54, 1.807) is 50.9 Å². The zero-order valence-corrected chi connectivity index (χ0v) is 16.7. The van der Waals surface area contributed by atoms with Crippen molar-refractivity contribution in [2.24, 2.45) is 0 Å². The number of ketones is 1. The van der Waals surface area contributed by atoms with Gasteiger partial charge in [-0.1, -0.05) is 0 Å². The van der Waals surface area contributed by atoms with Gasteiger partial charge in [0.05, 0.1) is 6.42 Å². The maximum absolute atomic E-state index is 12.2.